The predicted molar refractivity (Wildman–Crippen MR) is 83.2 cm³/mol. The third kappa shape index (κ3) is 5.19. The van der Waals surface area contributed by atoms with Gasteiger partial charge in [0.05, 0.1) is 5.69 Å². The van der Waals surface area contributed by atoms with Crippen molar-refractivity contribution in [1.29, 1.82) is 0 Å². The van der Waals surface area contributed by atoms with Crippen LogP contribution in [0.5, 0.6) is 11.5 Å². The summed E-state index contributed by atoms with van der Waals surface area (Å²) in [5.74, 6) is -0.566. The quantitative estimate of drug-likeness (QED) is 0.887. The molecule has 2 aromatic rings. The summed E-state index contributed by atoms with van der Waals surface area (Å²) >= 11 is 0. The van der Waals surface area contributed by atoms with Crippen LogP contribution in [0, 0.1) is 13.8 Å². The molecule has 7 heteroatoms. The summed E-state index contributed by atoms with van der Waals surface area (Å²) in [6.45, 7) is 3.53. The number of carbonyl (C=O) groups is 1. The molecule has 0 radical (unpaired) electrons. The van der Waals surface area contributed by atoms with Crippen LogP contribution in [0.1, 0.15) is 11.1 Å². The number of benzene rings is 2. The molecule has 0 aromatic heterocycles. The monoisotopic (exact) mass is 339 g/mol. The lowest BCUT2D eigenvalue weighted by atomic mass is 10.1. The van der Waals surface area contributed by atoms with Crippen molar-refractivity contribution in [3.8, 4) is 11.5 Å². The molecule has 1 amide bonds. The van der Waals surface area contributed by atoms with E-state index in [2.05, 4.69) is 10.1 Å². The van der Waals surface area contributed by atoms with E-state index in [0.29, 0.717) is 5.75 Å². The number of alkyl halides is 3. The van der Waals surface area contributed by atoms with Crippen LogP contribution in [-0.2, 0) is 4.79 Å². The van der Waals surface area contributed by atoms with Gasteiger partial charge in [-0.05, 0) is 49.2 Å². The van der Waals surface area contributed by atoms with E-state index in [9.17, 15) is 18.0 Å². The largest absolute Gasteiger partial charge is 0.573 e. The lowest BCUT2D eigenvalue weighted by molar-refractivity contribution is -0.274. The highest BCUT2D eigenvalue weighted by Crippen LogP contribution is 2.29. The zero-order valence-electron chi connectivity index (χ0n) is 13.1. The highest BCUT2D eigenvalue weighted by molar-refractivity contribution is 5.93. The first-order valence-electron chi connectivity index (χ1n) is 7.09. The van der Waals surface area contributed by atoms with Crippen LogP contribution in [-0.4, -0.2) is 18.9 Å². The van der Waals surface area contributed by atoms with E-state index in [1.54, 1.807) is 12.1 Å². The fraction of sp³-hybridized carbons (Fsp3) is 0.235. The fourth-order valence-electron chi connectivity index (χ4n) is 1.92. The fourth-order valence-corrected chi connectivity index (χ4v) is 1.92. The van der Waals surface area contributed by atoms with Gasteiger partial charge >= 0.3 is 6.36 Å². The first kappa shape index (κ1) is 17.7. The number of amides is 1. The van der Waals surface area contributed by atoms with Crippen LogP contribution in [0.15, 0.2) is 42.5 Å². The van der Waals surface area contributed by atoms with Crippen molar-refractivity contribution in [2.24, 2.45) is 0 Å². The number of nitrogens with one attached hydrogen (secondary N) is 1. The molecule has 2 rings (SSSR count). The first-order chi connectivity index (χ1) is 11.2. The summed E-state index contributed by atoms with van der Waals surface area (Å²) < 4.78 is 46.2. The van der Waals surface area contributed by atoms with E-state index in [-0.39, 0.29) is 12.3 Å². The van der Waals surface area contributed by atoms with Gasteiger partial charge in [-0.1, -0.05) is 18.2 Å². The molecule has 128 valence electrons. The molecule has 0 aliphatic carbocycles. The Balaban J connectivity index is 1.98. The van der Waals surface area contributed by atoms with Gasteiger partial charge in [0.2, 0.25) is 0 Å². The molecule has 0 aliphatic heterocycles. The SMILES string of the molecule is Cc1ccc(OCC(=O)Nc2ccccc2OC(F)(F)F)cc1C. The number of carbonyl (C=O) groups excluding carboxylic acids is 1. The van der Waals surface area contributed by atoms with E-state index in [1.807, 2.05) is 19.9 Å². The van der Waals surface area contributed by atoms with E-state index in [0.717, 1.165) is 17.2 Å². The Morgan fingerprint density at radius 2 is 1.79 bits per heavy atom. The molecule has 1 N–H and O–H groups in total. The molecule has 4 nitrogen and oxygen atoms in total. The first-order valence-corrected chi connectivity index (χ1v) is 7.09. The number of para-hydroxylation sites is 2. The minimum atomic E-state index is -4.84. The highest BCUT2D eigenvalue weighted by Gasteiger charge is 2.32. The zero-order valence-corrected chi connectivity index (χ0v) is 13.1. The minimum absolute atomic E-state index is 0.0801. The van der Waals surface area contributed by atoms with Gasteiger partial charge < -0.3 is 14.8 Å². The second-order valence-corrected chi connectivity index (χ2v) is 5.13. The molecule has 24 heavy (non-hydrogen) atoms. The van der Waals surface area contributed by atoms with Crippen molar-refractivity contribution < 1.29 is 27.4 Å². The van der Waals surface area contributed by atoms with Gasteiger partial charge in [-0.2, -0.15) is 0 Å². The molecule has 0 atom stereocenters. The molecule has 0 bridgehead atoms. The smallest absolute Gasteiger partial charge is 0.484 e. The third-order valence-corrected chi connectivity index (χ3v) is 3.24. The topological polar surface area (TPSA) is 47.6 Å². The molecular weight excluding hydrogens is 323 g/mol. The number of rotatable bonds is 5. The maximum atomic E-state index is 12.3. The predicted octanol–water partition coefficient (Wildman–Crippen LogP) is 4.22. The van der Waals surface area contributed by atoms with Crippen molar-refractivity contribution in [1.82, 2.24) is 0 Å². The maximum absolute atomic E-state index is 12.3. The summed E-state index contributed by atoms with van der Waals surface area (Å²) in [5.41, 5.74) is 2.02. The molecule has 2 aromatic carbocycles. The van der Waals surface area contributed by atoms with Gasteiger partial charge in [0, 0.05) is 0 Å². The number of hydrogen-bond acceptors (Lipinski definition) is 3. The van der Waals surface area contributed by atoms with Crippen LogP contribution < -0.4 is 14.8 Å². The van der Waals surface area contributed by atoms with Gasteiger partial charge in [0.15, 0.2) is 12.4 Å². The number of anilines is 1. The van der Waals surface area contributed by atoms with Gasteiger partial charge in [-0.3, -0.25) is 4.79 Å². The van der Waals surface area contributed by atoms with Crippen molar-refractivity contribution >= 4 is 11.6 Å². The average Bonchev–Trinajstić information content (AvgIpc) is 2.49. The van der Waals surface area contributed by atoms with Gasteiger partial charge in [0.1, 0.15) is 5.75 Å². The second-order valence-electron chi connectivity index (χ2n) is 5.13. The Labute approximate surface area is 137 Å². The van der Waals surface area contributed by atoms with Crippen molar-refractivity contribution in [3.05, 3.63) is 53.6 Å². The van der Waals surface area contributed by atoms with Gasteiger partial charge in [0.25, 0.3) is 5.91 Å². The number of halogens is 3. The van der Waals surface area contributed by atoms with E-state index < -0.39 is 18.0 Å². The molecule has 0 fully saturated rings. The molecule has 0 unspecified atom stereocenters. The molecule has 0 heterocycles. The number of aryl methyl sites for hydroxylation is 2. The van der Waals surface area contributed by atoms with E-state index in [4.69, 9.17) is 4.74 Å². The summed E-state index contributed by atoms with van der Waals surface area (Å²) in [7, 11) is 0. The summed E-state index contributed by atoms with van der Waals surface area (Å²) in [4.78, 5) is 11.9. The Kier molecular flexibility index (Phi) is 5.33. The number of ether oxygens (including phenoxy) is 2. The standard InChI is InChI=1S/C17H16F3NO3/c1-11-7-8-13(9-12(11)2)23-10-16(22)21-14-5-3-4-6-15(14)24-17(18,19)20/h3-9H,10H2,1-2H3,(H,21,22). The van der Waals surface area contributed by atoms with Crippen LogP contribution in [0.3, 0.4) is 0 Å². The Morgan fingerprint density at radius 3 is 2.46 bits per heavy atom. The van der Waals surface area contributed by atoms with Crippen molar-refractivity contribution in [3.63, 3.8) is 0 Å². The summed E-state index contributed by atoms with van der Waals surface area (Å²) in [6.07, 6.45) is -4.84. The van der Waals surface area contributed by atoms with Crippen molar-refractivity contribution in [2.45, 2.75) is 20.2 Å². The molecule has 0 saturated carbocycles. The molecule has 0 saturated heterocycles. The van der Waals surface area contributed by atoms with Crippen LogP contribution in [0.4, 0.5) is 18.9 Å². The molecule has 0 spiro atoms. The third-order valence-electron chi connectivity index (χ3n) is 3.24. The van der Waals surface area contributed by atoms with Crippen LogP contribution in [0.25, 0.3) is 0 Å². The maximum Gasteiger partial charge on any atom is 0.573 e. The highest BCUT2D eigenvalue weighted by atomic mass is 19.4. The summed E-state index contributed by atoms with van der Waals surface area (Å²) in [5, 5.41) is 2.34. The minimum Gasteiger partial charge on any atom is -0.484 e. The zero-order chi connectivity index (χ0) is 17.7. The Bertz CT molecular complexity index is 729. The molecule has 0 aliphatic rings. The van der Waals surface area contributed by atoms with Gasteiger partial charge in [-0.15, -0.1) is 13.2 Å². The lowest BCUT2D eigenvalue weighted by Crippen LogP contribution is -2.22. The lowest BCUT2D eigenvalue weighted by Gasteiger charge is -2.14. The van der Waals surface area contributed by atoms with E-state index in [1.165, 1.54) is 18.2 Å². The van der Waals surface area contributed by atoms with Crippen LogP contribution in [0.2, 0.25) is 0 Å². The molecular formula is C17H16F3NO3. The van der Waals surface area contributed by atoms with Gasteiger partial charge in [-0.25, -0.2) is 0 Å². The van der Waals surface area contributed by atoms with Crippen molar-refractivity contribution in [2.75, 3.05) is 11.9 Å². The summed E-state index contributed by atoms with van der Waals surface area (Å²) in [6, 6.07) is 10.7. The second kappa shape index (κ2) is 7.25. The average molecular weight is 339 g/mol. The van der Waals surface area contributed by atoms with Crippen LogP contribution >= 0.6 is 0 Å². The Hall–Kier alpha value is -2.70. The normalized spacial score (nSPS) is 11.0. The number of hydrogen-bond donors (Lipinski definition) is 1. The Morgan fingerprint density at radius 1 is 1.08 bits per heavy atom. The van der Waals surface area contributed by atoms with E-state index >= 15 is 0 Å².